The Kier molecular flexibility index (Phi) is 7.57. The summed E-state index contributed by atoms with van der Waals surface area (Å²) in [5.74, 6) is 0.748. The van der Waals surface area contributed by atoms with E-state index in [0.29, 0.717) is 6.04 Å². The minimum absolute atomic E-state index is 0.631. The third-order valence-electron chi connectivity index (χ3n) is 3.68. The standard InChI is InChI=1S/C11H14N2.C4H10.C2H6/c1-2-4-10-8(3-1)9-5-6-12-7-11(9)13-10;1-3-4-2;1-2/h1-4,9,11-13H,5-7H2;3-4H2,1-2H3;1-2H3. The van der Waals surface area contributed by atoms with Gasteiger partial charge in [-0.25, -0.2) is 0 Å². The van der Waals surface area contributed by atoms with Crippen molar-refractivity contribution in [1.29, 1.82) is 0 Å². The van der Waals surface area contributed by atoms with Gasteiger partial charge in [-0.2, -0.15) is 0 Å². The summed E-state index contributed by atoms with van der Waals surface area (Å²) in [6.45, 7) is 10.6. The zero-order chi connectivity index (χ0) is 14.1. The van der Waals surface area contributed by atoms with Crippen LogP contribution >= 0.6 is 0 Å². The lowest BCUT2D eigenvalue weighted by molar-refractivity contribution is 0.439. The molecular formula is C17H30N2. The first kappa shape index (κ1) is 16.0. The third kappa shape index (κ3) is 4.24. The lowest BCUT2D eigenvalue weighted by atomic mass is 9.89. The highest BCUT2D eigenvalue weighted by molar-refractivity contribution is 5.59. The van der Waals surface area contributed by atoms with Crippen LogP contribution in [-0.2, 0) is 0 Å². The molecule has 0 aliphatic carbocycles. The van der Waals surface area contributed by atoms with Gasteiger partial charge in [-0.1, -0.05) is 58.7 Å². The molecule has 2 aliphatic heterocycles. The van der Waals surface area contributed by atoms with Crippen molar-refractivity contribution >= 4 is 5.69 Å². The van der Waals surface area contributed by atoms with Gasteiger partial charge in [0.2, 0.25) is 0 Å². The van der Waals surface area contributed by atoms with Crippen molar-refractivity contribution in [1.82, 2.24) is 5.32 Å². The zero-order valence-electron chi connectivity index (χ0n) is 13.0. The molecule has 2 unspecified atom stereocenters. The first-order chi connectivity index (χ1) is 9.36. The molecule has 2 aliphatic rings. The minimum Gasteiger partial charge on any atom is -0.380 e. The Labute approximate surface area is 119 Å². The Balaban J connectivity index is 0.000000262. The average Bonchev–Trinajstić information content (AvgIpc) is 2.88. The van der Waals surface area contributed by atoms with Crippen LogP contribution in [0.15, 0.2) is 24.3 Å². The molecule has 2 heterocycles. The van der Waals surface area contributed by atoms with Crippen LogP contribution in [0.25, 0.3) is 0 Å². The van der Waals surface area contributed by atoms with E-state index >= 15 is 0 Å². The maximum atomic E-state index is 3.57. The molecule has 1 fully saturated rings. The molecule has 0 spiro atoms. The molecule has 0 aromatic heterocycles. The molecule has 0 amide bonds. The van der Waals surface area contributed by atoms with Crippen molar-refractivity contribution < 1.29 is 0 Å². The van der Waals surface area contributed by atoms with E-state index in [2.05, 4.69) is 48.7 Å². The van der Waals surface area contributed by atoms with Crippen LogP contribution < -0.4 is 10.6 Å². The van der Waals surface area contributed by atoms with E-state index in [1.165, 1.54) is 30.5 Å². The van der Waals surface area contributed by atoms with E-state index in [1.54, 1.807) is 0 Å². The first-order valence-electron chi connectivity index (χ1n) is 7.93. The molecule has 0 saturated carbocycles. The summed E-state index contributed by atoms with van der Waals surface area (Å²) in [6.07, 6.45) is 3.91. The molecule has 0 bridgehead atoms. The topological polar surface area (TPSA) is 24.1 Å². The lowest BCUT2D eigenvalue weighted by Gasteiger charge is -2.26. The van der Waals surface area contributed by atoms with Gasteiger partial charge >= 0.3 is 0 Å². The first-order valence-corrected chi connectivity index (χ1v) is 7.93. The smallest absolute Gasteiger partial charge is 0.0455 e. The number of anilines is 1. The molecule has 2 atom stereocenters. The Bertz CT molecular complexity index is 347. The summed E-state index contributed by atoms with van der Waals surface area (Å²) in [7, 11) is 0. The SMILES string of the molecule is CC.CCCC.c1ccc2c(c1)NC1CNCCC21. The van der Waals surface area contributed by atoms with Crippen molar-refractivity contribution in [3.63, 3.8) is 0 Å². The summed E-state index contributed by atoms with van der Waals surface area (Å²) < 4.78 is 0. The number of piperidine rings is 1. The average molecular weight is 262 g/mol. The zero-order valence-corrected chi connectivity index (χ0v) is 13.0. The van der Waals surface area contributed by atoms with Crippen LogP contribution in [-0.4, -0.2) is 19.1 Å². The molecule has 19 heavy (non-hydrogen) atoms. The Morgan fingerprint density at radius 2 is 1.79 bits per heavy atom. The van der Waals surface area contributed by atoms with Crippen molar-refractivity contribution in [3.05, 3.63) is 29.8 Å². The monoisotopic (exact) mass is 262 g/mol. The summed E-state index contributed by atoms with van der Waals surface area (Å²) in [6, 6.07) is 9.33. The number of fused-ring (bicyclic) bond motifs is 3. The van der Waals surface area contributed by atoms with Crippen LogP contribution in [0, 0.1) is 0 Å². The second-order valence-electron chi connectivity index (χ2n) is 4.94. The second-order valence-corrected chi connectivity index (χ2v) is 4.94. The predicted molar refractivity (Wildman–Crippen MR) is 86.0 cm³/mol. The van der Waals surface area contributed by atoms with E-state index in [1.807, 2.05) is 13.8 Å². The third-order valence-corrected chi connectivity index (χ3v) is 3.68. The molecule has 1 aromatic carbocycles. The highest BCUT2D eigenvalue weighted by Gasteiger charge is 2.33. The van der Waals surface area contributed by atoms with E-state index in [4.69, 9.17) is 0 Å². The molecule has 2 heteroatoms. The van der Waals surface area contributed by atoms with Gasteiger partial charge in [-0.3, -0.25) is 0 Å². The number of unbranched alkanes of at least 4 members (excludes halogenated alkanes) is 1. The molecule has 3 rings (SSSR count). The predicted octanol–water partition coefficient (Wildman–Crippen LogP) is 4.39. The molecule has 0 radical (unpaired) electrons. The van der Waals surface area contributed by atoms with Gasteiger partial charge in [0.15, 0.2) is 0 Å². The van der Waals surface area contributed by atoms with Crippen LogP contribution in [0.1, 0.15) is 58.4 Å². The van der Waals surface area contributed by atoms with Crippen molar-refractivity contribution in [2.75, 3.05) is 18.4 Å². The van der Waals surface area contributed by atoms with Crippen molar-refractivity contribution in [3.8, 4) is 0 Å². The van der Waals surface area contributed by atoms with Gasteiger partial charge in [-0.15, -0.1) is 0 Å². The Hall–Kier alpha value is -1.02. The number of nitrogens with one attached hydrogen (secondary N) is 2. The molecule has 1 aromatic rings. The van der Waals surface area contributed by atoms with Crippen LogP contribution in [0.5, 0.6) is 0 Å². The van der Waals surface area contributed by atoms with Crippen molar-refractivity contribution in [2.45, 2.75) is 58.9 Å². The summed E-state index contributed by atoms with van der Waals surface area (Å²) in [4.78, 5) is 0. The number of hydrogen-bond acceptors (Lipinski definition) is 2. The van der Waals surface area contributed by atoms with Crippen LogP contribution in [0.2, 0.25) is 0 Å². The fourth-order valence-electron chi connectivity index (χ4n) is 2.53. The van der Waals surface area contributed by atoms with E-state index in [-0.39, 0.29) is 0 Å². The number of benzene rings is 1. The molecule has 108 valence electrons. The maximum absolute atomic E-state index is 3.57. The number of hydrogen-bond donors (Lipinski definition) is 2. The summed E-state index contributed by atoms with van der Waals surface area (Å²) >= 11 is 0. The van der Waals surface area contributed by atoms with Crippen LogP contribution in [0.3, 0.4) is 0 Å². The highest BCUT2D eigenvalue weighted by atomic mass is 15.0. The van der Waals surface area contributed by atoms with Gasteiger partial charge in [-0.05, 0) is 24.6 Å². The van der Waals surface area contributed by atoms with Gasteiger partial charge < -0.3 is 10.6 Å². The van der Waals surface area contributed by atoms with Gasteiger partial charge in [0, 0.05) is 24.2 Å². The maximum Gasteiger partial charge on any atom is 0.0455 e. The highest BCUT2D eigenvalue weighted by Crippen LogP contribution is 2.38. The van der Waals surface area contributed by atoms with E-state index in [9.17, 15) is 0 Å². The fraction of sp³-hybridized carbons (Fsp3) is 0.647. The Morgan fingerprint density at radius 3 is 2.47 bits per heavy atom. The fourth-order valence-corrected chi connectivity index (χ4v) is 2.53. The number of para-hydroxylation sites is 1. The molecule has 2 nitrogen and oxygen atoms in total. The van der Waals surface area contributed by atoms with Gasteiger partial charge in [0.25, 0.3) is 0 Å². The van der Waals surface area contributed by atoms with E-state index in [0.717, 1.165) is 19.0 Å². The summed E-state index contributed by atoms with van der Waals surface area (Å²) in [5.41, 5.74) is 2.87. The quantitative estimate of drug-likeness (QED) is 0.784. The second kappa shape index (κ2) is 8.98. The minimum atomic E-state index is 0.631. The van der Waals surface area contributed by atoms with Gasteiger partial charge in [0.05, 0.1) is 0 Å². The molecule has 1 saturated heterocycles. The Morgan fingerprint density at radius 1 is 1.11 bits per heavy atom. The normalized spacial score (nSPS) is 22.7. The molecule has 2 N–H and O–H groups in total. The van der Waals surface area contributed by atoms with E-state index < -0.39 is 0 Å². The van der Waals surface area contributed by atoms with Crippen LogP contribution in [0.4, 0.5) is 5.69 Å². The number of rotatable bonds is 1. The summed E-state index contributed by atoms with van der Waals surface area (Å²) in [5, 5.41) is 7.00. The largest absolute Gasteiger partial charge is 0.380 e. The molecular weight excluding hydrogens is 232 g/mol. The lowest BCUT2D eigenvalue weighted by Crippen LogP contribution is -2.40. The van der Waals surface area contributed by atoms with Gasteiger partial charge in [0.1, 0.15) is 0 Å². The van der Waals surface area contributed by atoms with Crippen molar-refractivity contribution in [2.24, 2.45) is 0 Å².